The number of halogens is 1. The number of carbonyl (C=O) groups is 2. The minimum Gasteiger partial charge on any atom is -0.488 e. The van der Waals surface area contributed by atoms with Crippen LogP contribution >= 0.6 is 0 Å². The lowest BCUT2D eigenvalue weighted by atomic mass is 9.80. The number of rotatable bonds is 5. The van der Waals surface area contributed by atoms with E-state index in [2.05, 4.69) is 32.7 Å². The quantitative estimate of drug-likeness (QED) is 0.432. The van der Waals surface area contributed by atoms with Crippen molar-refractivity contribution in [3.8, 4) is 5.75 Å². The Kier molecular flexibility index (Phi) is 9.77. The molecule has 6 rings (SSSR count). The molecule has 0 aromatic carbocycles. The first-order valence-corrected chi connectivity index (χ1v) is 17.0. The number of piperazine rings is 1. The third-order valence-corrected chi connectivity index (χ3v) is 10.5. The van der Waals surface area contributed by atoms with Crippen LogP contribution in [0.3, 0.4) is 0 Å². The van der Waals surface area contributed by atoms with Crippen LogP contribution in [0.25, 0.3) is 0 Å². The summed E-state index contributed by atoms with van der Waals surface area (Å²) in [6.07, 6.45) is 14.0. The van der Waals surface area contributed by atoms with Crippen molar-refractivity contribution in [3.63, 3.8) is 0 Å². The first kappa shape index (κ1) is 31.6. The Balaban J connectivity index is 1.13. The van der Waals surface area contributed by atoms with Crippen molar-refractivity contribution in [2.24, 2.45) is 5.92 Å². The maximum Gasteiger partial charge on any atom is 0.263 e. The zero-order chi connectivity index (χ0) is 31.4. The Hall–Kier alpha value is -3.41. The van der Waals surface area contributed by atoms with Crippen molar-refractivity contribution in [2.45, 2.75) is 101 Å². The number of ether oxygens (including phenoxy) is 1. The van der Waals surface area contributed by atoms with Crippen molar-refractivity contribution >= 4 is 29.1 Å². The fourth-order valence-electron chi connectivity index (χ4n) is 7.70. The van der Waals surface area contributed by atoms with Gasteiger partial charge in [-0.1, -0.05) is 44.9 Å². The predicted octanol–water partition coefficient (Wildman–Crippen LogP) is 4.81. The number of anilines is 3. The Morgan fingerprint density at radius 3 is 2.38 bits per heavy atom. The van der Waals surface area contributed by atoms with E-state index in [1.165, 1.54) is 19.3 Å². The Morgan fingerprint density at radius 2 is 1.69 bits per heavy atom. The van der Waals surface area contributed by atoms with E-state index >= 15 is 4.39 Å². The summed E-state index contributed by atoms with van der Waals surface area (Å²) in [5.41, 5.74) is 6.23. The molecular formula is C33H49FN8O3. The van der Waals surface area contributed by atoms with Crippen LogP contribution in [-0.4, -0.2) is 88.4 Å². The van der Waals surface area contributed by atoms with Gasteiger partial charge in [-0.2, -0.15) is 5.10 Å². The molecular weight excluding hydrogens is 575 g/mol. The van der Waals surface area contributed by atoms with E-state index in [-0.39, 0.29) is 35.9 Å². The van der Waals surface area contributed by atoms with E-state index in [0.717, 1.165) is 77.5 Å². The first-order chi connectivity index (χ1) is 21.9. The molecule has 11 nitrogen and oxygen atoms in total. The van der Waals surface area contributed by atoms with Gasteiger partial charge in [0.15, 0.2) is 5.82 Å². The van der Waals surface area contributed by atoms with Crippen molar-refractivity contribution < 1.29 is 18.7 Å². The highest BCUT2D eigenvalue weighted by molar-refractivity contribution is 6.11. The second-order valence-electron chi connectivity index (χ2n) is 13.5. The second-order valence-corrected chi connectivity index (χ2v) is 13.5. The lowest BCUT2D eigenvalue weighted by molar-refractivity contribution is -0.138. The second kappa shape index (κ2) is 13.9. The molecule has 2 aliphatic heterocycles. The number of alkyl halides is 1. The summed E-state index contributed by atoms with van der Waals surface area (Å²) in [7, 11) is 2.09. The van der Waals surface area contributed by atoms with Crippen LogP contribution in [0.15, 0.2) is 18.5 Å². The van der Waals surface area contributed by atoms with Gasteiger partial charge in [-0.3, -0.25) is 14.6 Å². The van der Waals surface area contributed by atoms with Gasteiger partial charge in [0, 0.05) is 50.9 Å². The fraction of sp³-hybridized carbons (Fsp3) is 0.697. The van der Waals surface area contributed by atoms with E-state index in [9.17, 15) is 9.59 Å². The van der Waals surface area contributed by atoms with Gasteiger partial charge in [-0.25, -0.2) is 9.07 Å². The summed E-state index contributed by atoms with van der Waals surface area (Å²) in [6.45, 7) is 3.54. The molecule has 45 heavy (non-hydrogen) atoms. The largest absolute Gasteiger partial charge is 0.488 e. The van der Waals surface area contributed by atoms with Crippen LogP contribution in [0, 0.1) is 5.92 Å². The smallest absolute Gasteiger partial charge is 0.263 e. The van der Waals surface area contributed by atoms with Crippen LogP contribution < -0.4 is 21.1 Å². The number of nitrogens with one attached hydrogen (secondary N) is 2. The molecule has 2 aromatic heterocycles. The number of nitrogens with zero attached hydrogens (tertiary/aromatic N) is 5. The van der Waals surface area contributed by atoms with Crippen molar-refractivity contribution in [1.82, 2.24) is 24.6 Å². The SMILES string of the molecule is CN1CCN(C(=O)C2CCC(Oc3ccncc3NC(=O)c3c(N)nn4c3NCC(F)C43CCCCCCCCC3)CC2)CC1. The molecule has 246 valence electrons. The third kappa shape index (κ3) is 6.76. The van der Waals surface area contributed by atoms with E-state index in [0.29, 0.717) is 30.1 Å². The molecule has 4 heterocycles. The first-order valence-electron chi connectivity index (χ1n) is 17.0. The molecule has 4 aliphatic rings. The van der Waals surface area contributed by atoms with Gasteiger partial charge in [-0.05, 0) is 45.6 Å². The minimum atomic E-state index is -1.12. The molecule has 1 unspecified atom stereocenters. The predicted molar refractivity (Wildman–Crippen MR) is 172 cm³/mol. The van der Waals surface area contributed by atoms with Crippen LogP contribution in [0.4, 0.5) is 21.7 Å². The lowest BCUT2D eigenvalue weighted by Crippen LogP contribution is -2.51. The number of hydrogen-bond acceptors (Lipinski definition) is 8. The molecule has 0 bridgehead atoms. The van der Waals surface area contributed by atoms with Crippen LogP contribution in [0.1, 0.15) is 93.8 Å². The van der Waals surface area contributed by atoms with Gasteiger partial charge in [0.05, 0.1) is 17.8 Å². The molecule has 1 spiro atoms. The highest BCUT2D eigenvalue weighted by atomic mass is 19.1. The number of hydrogen-bond donors (Lipinski definition) is 3. The summed E-state index contributed by atoms with van der Waals surface area (Å²) < 4.78 is 23.9. The molecule has 12 heteroatoms. The van der Waals surface area contributed by atoms with Crippen LogP contribution in [-0.2, 0) is 10.3 Å². The minimum absolute atomic E-state index is 0.0349. The lowest BCUT2D eigenvalue weighted by Gasteiger charge is -2.42. The fourth-order valence-corrected chi connectivity index (χ4v) is 7.70. The molecule has 2 saturated carbocycles. The highest BCUT2D eigenvalue weighted by Crippen LogP contribution is 2.43. The summed E-state index contributed by atoms with van der Waals surface area (Å²) in [5, 5.41) is 10.7. The van der Waals surface area contributed by atoms with Gasteiger partial charge in [0.1, 0.15) is 29.0 Å². The molecule has 4 N–H and O–H groups in total. The Morgan fingerprint density at radius 1 is 1.02 bits per heavy atom. The summed E-state index contributed by atoms with van der Waals surface area (Å²) in [6, 6.07) is 1.74. The molecule has 1 saturated heterocycles. The molecule has 2 amide bonds. The average Bonchev–Trinajstić information content (AvgIpc) is 3.40. The van der Waals surface area contributed by atoms with Gasteiger partial charge < -0.3 is 30.9 Å². The van der Waals surface area contributed by atoms with Crippen molar-refractivity contribution in [2.75, 3.05) is 56.1 Å². The number of nitrogens with two attached hydrogens (primary N) is 1. The monoisotopic (exact) mass is 624 g/mol. The topological polar surface area (TPSA) is 131 Å². The molecule has 2 aromatic rings. The summed E-state index contributed by atoms with van der Waals surface area (Å²) in [5.74, 6) is 0.939. The zero-order valence-corrected chi connectivity index (χ0v) is 26.6. The van der Waals surface area contributed by atoms with E-state index in [4.69, 9.17) is 10.5 Å². The summed E-state index contributed by atoms with van der Waals surface area (Å²) >= 11 is 0. The summed E-state index contributed by atoms with van der Waals surface area (Å²) in [4.78, 5) is 35.3. The van der Waals surface area contributed by atoms with Crippen molar-refractivity contribution in [1.29, 1.82) is 0 Å². The molecule has 2 aliphatic carbocycles. The normalized spacial score (nSPS) is 26.0. The number of amides is 2. The van der Waals surface area contributed by atoms with E-state index < -0.39 is 17.6 Å². The Bertz CT molecular complexity index is 1330. The number of likely N-dealkylation sites (N-methyl/N-ethyl adjacent to an activating group) is 1. The maximum atomic E-state index is 15.8. The molecule has 0 radical (unpaired) electrons. The number of fused-ring (bicyclic) bond motifs is 2. The molecule has 1 atom stereocenters. The third-order valence-electron chi connectivity index (χ3n) is 10.5. The number of carbonyl (C=O) groups excluding carboxylic acids is 2. The van der Waals surface area contributed by atoms with Gasteiger partial charge in [0.25, 0.3) is 5.91 Å². The average molecular weight is 625 g/mol. The standard InChI is InChI=1S/C33H49FN8O3/c1-40-17-19-41(20-18-40)32(44)23-9-11-24(12-10-23)45-26-13-16-36-21-25(26)38-31(43)28-29(35)39-42-30(28)37-22-27(34)33(42)14-7-5-3-2-4-6-8-15-33/h13,16,21,23-24,27,37H,2-12,14-15,17-20,22H2,1H3,(H2,35,39)(H,38,43). The van der Waals surface area contributed by atoms with Crippen LogP contribution in [0.5, 0.6) is 5.75 Å². The number of pyridine rings is 1. The maximum absolute atomic E-state index is 15.8. The van der Waals surface area contributed by atoms with Gasteiger partial charge in [0.2, 0.25) is 5.91 Å². The number of aromatic nitrogens is 3. The van der Waals surface area contributed by atoms with Gasteiger partial charge >= 0.3 is 0 Å². The van der Waals surface area contributed by atoms with Crippen molar-refractivity contribution in [3.05, 3.63) is 24.0 Å². The zero-order valence-electron chi connectivity index (χ0n) is 26.6. The highest BCUT2D eigenvalue weighted by Gasteiger charge is 2.47. The molecule has 3 fully saturated rings. The van der Waals surface area contributed by atoms with Gasteiger partial charge in [-0.15, -0.1) is 0 Å². The number of nitrogen functional groups attached to an aromatic ring is 1. The Labute approximate surface area is 265 Å². The van der Waals surface area contributed by atoms with E-state index in [1.54, 1.807) is 23.1 Å². The van der Waals surface area contributed by atoms with Crippen LogP contribution in [0.2, 0.25) is 0 Å². The van der Waals surface area contributed by atoms with E-state index in [1.807, 2.05) is 4.90 Å².